The lowest BCUT2D eigenvalue weighted by Gasteiger charge is -2.26. The van der Waals surface area contributed by atoms with Crippen molar-refractivity contribution in [3.8, 4) is 0 Å². The molecule has 4 atom stereocenters. The third-order valence-electron chi connectivity index (χ3n) is 7.34. The van der Waals surface area contributed by atoms with Crippen LogP contribution in [0.2, 0.25) is 0 Å². The van der Waals surface area contributed by atoms with Gasteiger partial charge in [0.05, 0.1) is 19.8 Å². The number of esters is 3. The smallest absolute Gasteiger partial charge is 0.417 e. The number of nitrogens with zero attached hydrogens (tertiary/aromatic N) is 2. The van der Waals surface area contributed by atoms with Crippen LogP contribution in [0.3, 0.4) is 0 Å². The van der Waals surface area contributed by atoms with Crippen LogP contribution < -0.4 is 10.6 Å². The van der Waals surface area contributed by atoms with E-state index in [0.717, 1.165) is 4.90 Å². The van der Waals surface area contributed by atoms with E-state index in [-0.39, 0.29) is 50.3 Å². The number of amides is 5. The van der Waals surface area contributed by atoms with Gasteiger partial charge in [0.2, 0.25) is 17.7 Å². The summed E-state index contributed by atoms with van der Waals surface area (Å²) in [5.41, 5.74) is -1.29. The number of ether oxygens (including phenoxy) is 5. The Labute approximate surface area is 333 Å². The van der Waals surface area contributed by atoms with Crippen LogP contribution in [0.1, 0.15) is 107 Å². The number of aliphatic carboxylic acids is 1. The van der Waals surface area contributed by atoms with Gasteiger partial charge in [0.25, 0.3) is 0 Å². The van der Waals surface area contributed by atoms with Gasteiger partial charge < -0.3 is 39.4 Å². The largest absolute Gasteiger partial charge is 0.480 e. The predicted octanol–water partition coefficient (Wildman–Crippen LogP) is 2.50. The molecule has 0 unspecified atom stereocenters. The molecule has 4 aliphatic heterocycles. The maximum absolute atomic E-state index is 11.9. The molecule has 4 heterocycles. The molecule has 321 valence electrons. The van der Waals surface area contributed by atoms with Crippen LogP contribution in [0, 0.1) is 0 Å². The summed E-state index contributed by atoms with van der Waals surface area (Å²) in [5.74, 6) is -2.86. The molecule has 4 rings (SSSR count). The number of imide groups is 1. The van der Waals surface area contributed by atoms with Crippen LogP contribution in [-0.4, -0.2) is 132 Å². The van der Waals surface area contributed by atoms with Gasteiger partial charge >= 0.3 is 36.1 Å². The number of carboxylic acid groups (broad SMARTS) is 1. The fourth-order valence-corrected chi connectivity index (χ4v) is 4.99. The fourth-order valence-electron chi connectivity index (χ4n) is 4.99. The number of hydrogen-bond acceptors (Lipinski definition) is 14. The summed E-state index contributed by atoms with van der Waals surface area (Å²) in [5, 5.41) is 13.2. The zero-order chi connectivity index (χ0) is 42.1. The molecule has 0 spiro atoms. The van der Waals surface area contributed by atoms with E-state index in [1.807, 2.05) is 0 Å². The van der Waals surface area contributed by atoms with E-state index >= 15 is 0 Å². The Hall–Kier alpha value is -5.24. The number of carbonyl (C=O) groups is 9. The van der Waals surface area contributed by atoms with Crippen molar-refractivity contribution in [2.24, 2.45) is 0 Å². The zero-order valence-corrected chi connectivity index (χ0v) is 34.1. The maximum Gasteiger partial charge on any atom is 0.417 e. The van der Waals surface area contributed by atoms with Gasteiger partial charge in [-0.1, -0.05) is 6.08 Å². The highest BCUT2D eigenvalue weighted by atomic mass is 19.0. The molecule has 0 aromatic rings. The highest BCUT2D eigenvalue weighted by Crippen LogP contribution is 2.23. The summed E-state index contributed by atoms with van der Waals surface area (Å²) in [6.07, 6.45) is 4.69. The molecule has 3 radical (unpaired) electrons. The Morgan fingerprint density at radius 1 is 0.684 bits per heavy atom. The second kappa shape index (κ2) is 25.1. The van der Waals surface area contributed by atoms with Gasteiger partial charge in [-0.25, -0.2) is 33.7 Å². The molecular formula is C36H57BFN4O15. The van der Waals surface area contributed by atoms with Crippen molar-refractivity contribution in [1.82, 2.24) is 20.4 Å². The zero-order valence-electron chi connectivity index (χ0n) is 34.1. The first-order valence-electron chi connectivity index (χ1n) is 18.1. The predicted molar refractivity (Wildman–Crippen MR) is 200 cm³/mol. The van der Waals surface area contributed by atoms with E-state index in [0.29, 0.717) is 45.3 Å². The van der Waals surface area contributed by atoms with Gasteiger partial charge in [-0.15, -0.1) is 0 Å². The molecule has 3 saturated heterocycles. The molecule has 4 aliphatic rings. The third-order valence-corrected chi connectivity index (χ3v) is 7.34. The van der Waals surface area contributed by atoms with E-state index in [1.165, 1.54) is 4.90 Å². The highest BCUT2D eigenvalue weighted by Gasteiger charge is 2.43. The van der Waals surface area contributed by atoms with Crippen molar-refractivity contribution >= 4 is 62.2 Å². The van der Waals surface area contributed by atoms with Crippen molar-refractivity contribution in [3.63, 3.8) is 0 Å². The molecule has 57 heavy (non-hydrogen) atoms. The summed E-state index contributed by atoms with van der Waals surface area (Å²) in [6.45, 7) is 16.5. The van der Waals surface area contributed by atoms with E-state index in [4.69, 9.17) is 28.8 Å². The number of nitrogens with one attached hydrogen (secondary N) is 2. The minimum absolute atomic E-state index is 0. The lowest BCUT2D eigenvalue weighted by Crippen LogP contribution is -2.46. The van der Waals surface area contributed by atoms with Gasteiger partial charge in [0.15, 0.2) is 0 Å². The minimum Gasteiger partial charge on any atom is -0.480 e. The second-order valence-electron chi connectivity index (χ2n) is 14.2. The lowest BCUT2D eigenvalue weighted by atomic mass is 10.2. The molecule has 3 N–H and O–H groups in total. The first-order chi connectivity index (χ1) is 25.5. The number of carbonyl (C=O) groups excluding carboxylic acids is 8. The van der Waals surface area contributed by atoms with Crippen molar-refractivity contribution in [3.05, 3.63) is 12.3 Å². The van der Waals surface area contributed by atoms with Crippen molar-refractivity contribution in [1.29, 1.82) is 0 Å². The van der Waals surface area contributed by atoms with Crippen LogP contribution in [-0.2, 0) is 57.2 Å². The Morgan fingerprint density at radius 2 is 1.12 bits per heavy atom. The molecule has 0 bridgehead atoms. The summed E-state index contributed by atoms with van der Waals surface area (Å²) < 4.78 is 24.8. The highest BCUT2D eigenvalue weighted by molar-refractivity contribution is 5.99. The van der Waals surface area contributed by atoms with Gasteiger partial charge in [0.1, 0.15) is 35.4 Å². The Kier molecular flexibility index (Phi) is 23.7. The van der Waals surface area contributed by atoms with E-state index < -0.39 is 71.4 Å². The number of hydrogen-bond donors (Lipinski definition) is 3. The van der Waals surface area contributed by atoms with Gasteiger partial charge in [-0.2, -0.15) is 0 Å². The third kappa shape index (κ3) is 19.5. The van der Waals surface area contributed by atoms with Crippen LogP contribution in [0.5, 0.6) is 0 Å². The minimum atomic E-state index is -0.944. The Bertz CT molecular complexity index is 1450. The van der Waals surface area contributed by atoms with Crippen LogP contribution in [0.25, 0.3) is 0 Å². The first kappa shape index (κ1) is 53.9. The molecule has 19 nitrogen and oxygen atoms in total. The quantitative estimate of drug-likeness (QED) is 0.190. The molecule has 21 heteroatoms. The summed E-state index contributed by atoms with van der Waals surface area (Å²) in [6, 6.07) is -2.49. The van der Waals surface area contributed by atoms with Gasteiger partial charge in [-0.3, -0.25) is 24.0 Å². The molecule has 0 aromatic heterocycles. The number of halogens is 1. The molecule has 0 aromatic carbocycles. The average Bonchev–Trinajstić information content (AvgIpc) is 3.88. The average molecular weight is 816 g/mol. The maximum atomic E-state index is 11.9. The summed E-state index contributed by atoms with van der Waals surface area (Å²) in [7, 11) is 0. The van der Waals surface area contributed by atoms with Crippen LogP contribution in [0.4, 0.5) is 14.3 Å². The molecule has 0 saturated carbocycles. The number of rotatable bonds is 7. The van der Waals surface area contributed by atoms with Crippen LogP contribution in [0.15, 0.2) is 12.3 Å². The van der Waals surface area contributed by atoms with Gasteiger partial charge in [0, 0.05) is 33.9 Å². The summed E-state index contributed by atoms with van der Waals surface area (Å²) in [4.78, 5) is 103. The van der Waals surface area contributed by atoms with Crippen molar-refractivity contribution in [2.45, 2.75) is 143 Å². The van der Waals surface area contributed by atoms with E-state index in [9.17, 15) is 43.2 Å². The second-order valence-corrected chi connectivity index (χ2v) is 14.2. The Morgan fingerprint density at radius 3 is 1.53 bits per heavy atom. The number of likely N-dealkylation sites (tertiary alicyclic amines) is 1. The number of carboxylic acids is 1. The standard InChI is InChI=1S/C12H19NO5.C12H19NO4.C7H11NO3.C5H7NO3.B.FH/c1-5-17-10(15)8-6-7-9(14)13(8)11(16)18-12(2,3)4;1-5-16-10(14)9-7-6-8-13(9)11(15)17-12(2,3)4;1-2-11-7(10)5-3-4-6(9)8-5;7-4-2-1-3(6-4)5(8)9;;/h8H,5-7H2,1-4H3;6,8-9H,5,7H2,1-4H3;5H,2-4H2,1H3,(H,8,9);3H,1-2H2,(H,6,7)(H,8,9);;1H/t8-;9-;5-;3-;;/m0000../s1. The van der Waals surface area contributed by atoms with Crippen molar-refractivity contribution in [2.75, 3.05) is 19.8 Å². The normalized spacial score (nSPS) is 20.5. The SMILES string of the molecule is CCOC(=O)[C@@H]1CC=CN1C(=O)OC(C)(C)C.CCOC(=O)[C@@H]1CCC(=O)N1.CCOC(=O)[C@@H]1CCC(=O)N1C(=O)OC(C)(C)C.F.O=C1CC[C@@H](C(=O)O)N1.[B]. The van der Waals surface area contributed by atoms with Gasteiger partial charge in [-0.05, 0) is 88.0 Å². The molecule has 3 fully saturated rings. The fraction of sp³-hybridized carbons (Fsp3) is 0.694. The first-order valence-corrected chi connectivity index (χ1v) is 18.1. The molecule has 0 aliphatic carbocycles. The molecule has 5 amide bonds. The molecular weight excluding hydrogens is 758 g/mol. The van der Waals surface area contributed by atoms with Crippen LogP contribution >= 0.6 is 0 Å². The Balaban J connectivity index is 0. The topological polar surface area (TPSA) is 251 Å². The summed E-state index contributed by atoms with van der Waals surface area (Å²) >= 11 is 0. The lowest BCUT2D eigenvalue weighted by molar-refractivity contribution is -0.151. The monoisotopic (exact) mass is 815 g/mol. The van der Waals surface area contributed by atoms with E-state index in [2.05, 4.69) is 10.6 Å². The van der Waals surface area contributed by atoms with E-state index in [1.54, 1.807) is 74.6 Å². The van der Waals surface area contributed by atoms with Crippen molar-refractivity contribution < 1.29 is 76.6 Å².